The molecule has 1 atom stereocenters. The summed E-state index contributed by atoms with van der Waals surface area (Å²) < 4.78 is 0. The summed E-state index contributed by atoms with van der Waals surface area (Å²) in [5, 5.41) is 14.1. The molecular weight excluding hydrogens is 156 g/mol. The molecule has 0 saturated carbocycles. The van der Waals surface area contributed by atoms with Crippen molar-refractivity contribution in [2.75, 3.05) is 13.2 Å². The van der Waals surface area contributed by atoms with Gasteiger partial charge >= 0.3 is 6.03 Å². The Morgan fingerprint density at radius 1 is 1.50 bits per heavy atom. The molecule has 4 nitrogen and oxygen atoms in total. The molecule has 0 saturated heterocycles. The van der Waals surface area contributed by atoms with E-state index < -0.39 is 0 Å². The molecule has 4 heteroatoms. The van der Waals surface area contributed by atoms with E-state index in [1.807, 2.05) is 13.8 Å². The Kier molecular flexibility index (Phi) is 6.47. The van der Waals surface area contributed by atoms with Crippen LogP contribution in [0.5, 0.6) is 0 Å². The number of carbonyl (C=O) groups excluding carboxylic acids is 1. The first-order chi connectivity index (χ1) is 5.74. The van der Waals surface area contributed by atoms with Crippen LogP contribution in [0.2, 0.25) is 0 Å². The zero-order chi connectivity index (χ0) is 9.40. The molecule has 0 rings (SSSR count). The number of hydrogen-bond acceptors (Lipinski definition) is 2. The first kappa shape index (κ1) is 11.2. The number of urea groups is 1. The molecule has 0 aromatic carbocycles. The third-order valence-electron chi connectivity index (χ3n) is 1.58. The Morgan fingerprint density at radius 3 is 2.58 bits per heavy atom. The van der Waals surface area contributed by atoms with E-state index >= 15 is 0 Å². The van der Waals surface area contributed by atoms with Crippen LogP contribution in [-0.2, 0) is 0 Å². The number of hydrogen-bond donors (Lipinski definition) is 3. The summed E-state index contributed by atoms with van der Waals surface area (Å²) in [5.41, 5.74) is 0. The van der Waals surface area contributed by atoms with Crippen LogP contribution in [0.1, 0.15) is 26.7 Å². The molecule has 0 aliphatic heterocycles. The van der Waals surface area contributed by atoms with Crippen LogP contribution < -0.4 is 10.6 Å². The van der Waals surface area contributed by atoms with Gasteiger partial charge in [0.1, 0.15) is 0 Å². The fraction of sp³-hybridized carbons (Fsp3) is 0.875. The standard InChI is InChI=1S/C8H18N2O2/c1-3-5-9-8(12)10-7(4-2)6-11/h7,11H,3-6H2,1-2H3,(H2,9,10,12)/t7-/m0/s1. The summed E-state index contributed by atoms with van der Waals surface area (Å²) in [5.74, 6) is 0. The van der Waals surface area contributed by atoms with Crippen LogP contribution in [0, 0.1) is 0 Å². The number of aliphatic hydroxyl groups is 1. The fourth-order valence-electron chi connectivity index (χ4n) is 0.752. The molecule has 0 aromatic heterocycles. The molecule has 3 N–H and O–H groups in total. The third kappa shape index (κ3) is 4.96. The second kappa shape index (κ2) is 6.91. The first-order valence-corrected chi connectivity index (χ1v) is 4.39. The summed E-state index contributed by atoms with van der Waals surface area (Å²) in [6.45, 7) is 4.58. The Labute approximate surface area is 73.3 Å². The van der Waals surface area contributed by atoms with E-state index in [4.69, 9.17) is 5.11 Å². The number of rotatable bonds is 5. The lowest BCUT2D eigenvalue weighted by Crippen LogP contribution is -2.43. The van der Waals surface area contributed by atoms with Gasteiger partial charge in [-0.25, -0.2) is 4.79 Å². The molecule has 0 aromatic rings. The Balaban J connectivity index is 3.52. The smallest absolute Gasteiger partial charge is 0.315 e. The lowest BCUT2D eigenvalue weighted by Gasteiger charge is -2.14. The fourth-order valence-corrected chi connectivity index (χ4v) is 0.752. The van der Waals surface area contributed by atoms with Crippen molar-refractivity contribution in [1.82, 2.24) is 10.6 Å². The summed E-state index contributed by atoms with van der Waals surface area (Å²) in [4.78, 5) is 11.0. The van der Waals surface area contributed by atoms with E-state index in [0.717, 1.165) is 12.8 Å². The lowest BCUT2D eigenvalue weighted by atomic mass is 10.2. The van der Waals surface area contributed by atoms with Gasteiger partial charge in [0.05, 0.1) is 12.6 Å². The van der Waals surface area contributed by atoms with E-state index in [-0.39, 0.29) is 18.7 Å². The summed E-state index contributed by atoms with van der Waals surface area (Å²) in [6, 6.07) is -0.320. The molecular formula is C8H18N2O2. The maximum absolute atomic E-state index is 11.0. The van der Waals surface area contributed by atoms with Crippen LogP contribution in [0.3, 0.4) is 0 Å². The van der Waals surface area contributed by atoms with Gasteiger partial charge in [-0.15, -0.1) is 0 Å². The van der Waals surface area contributed by atoms with Crippen LogP contribution in [0.15, 0.2) is 0 Å². The van der Waals surface area contributed by atoms with Gasteiger partial charge in [0.25, 0.3) is 0 Å². The third-order valence-corrected chi connectivity index (χ3v) is 1.58. The molecule has 0 aliphatic rings. The Morgan fingerprint density at radius 2 is 2.17 bits per heavy atom. The van der Waals surface area contributed by atoms with Crippen molar-refractivity contribution in [3.05, 3.63) is 0 Å². The zero-order valence-electron chi connectivity index (χ0n) is 7.76. The second-order valence-corrected chi connectivity index (χ2v) is 2.69. The maximum atomic E-state index is 11.0. The van der Waals surface area contributed by atoms with Crippen LogP contribution in [0.25, 0.3) is 0 Å². The minimum Gasteiger partial charge on any atom is -0.394 e. The Bertz CT molecular complexity index is 124. The largest absolute Gasteiger partial charge is 0.394 e. The molecule has 0 unspecified atom stereocenters. The lowest BCUT2D eigenvalue weighted by molar-refractivity contribution is 0.214. The van der Waals surface area contributed by atoms with E-state index in [1.54, 1.807) is 0 Å². The second-order valence-electron chi connectivity index (χ2n) is 2.69. The minimum atomic E-state index is -0.197. The van der Waals surface area contributed by atoms with Crippen molar-refractivity contribution in [2.24, 2.45) is 0 Å². The summed E-state index contributed by atoms with van der Waals surface area (Å²) >= 11 is 0. The highest BCUT2D eigenvalue weighted by Gasteiger charge is 2.06. The van der Waals surface area contributed by atoms with Crippen molar-refractivity contribution in [2.45, 2.75) is 32.7 Å². The van der Waals surface area contributed by atoms with Crippen LogP contribution >= 0.6 is 0 Å². The van der Waals surface area contributed by atoms with Crippen molar-refractivity contribution >= 4 is 6.03 Å². The molecule has 0 spiro atoms. The van der Waals surface area contributed by atoms with E-state index in [2.05, 4.69) is 10.6 Å². The highest BCUT2D eigenvalue weighted by molar-refractivity contribution is 5.74. The van der Waals surface area contributed by atoms with Gasteiger partial charge in [-0.2, -0.15) is 0 Å². The summed E-state index contributed by atoms with van der Waals surface area (Å²) in [7, 11) is 0. The molecule has 2 amide bonds. The van der Waals surface area contributed by atoms with Gasteiger partial charge in [0.2, 0.25) is 0 Å². The molecule has 0 aliphatic carbocycles. The van der Waals surface area contributed by atoms with Gasteiger partial charge in [-0.3, -0.25) is 0 Å². The average molecular weight is 174 g/mol. The van der Waals surface area contributed by atoms with Gasteiger partial charge in [-0.05, 0) is 12.8 Å². The van der Waals surface area contributed by atoms with Crippen molar-refractivity contribution in [3.63, 3.8) is 0 Å². The van der Waals surface area contributed by atoms with Crippen molar-refractivity contribution in [3.8, 4) is 0 Å². The van der Waals surface area contributed by atoms with Gasteiger partial charge in [0.15, 0.2) is 0 Å². The normalized spacial score (nSPS) is 12.2. The SMILES string of the molecule is CCCNC(=O)N[C@@H](CC)CO. The Hall–Kier alpha value is -0.770. The summed E-state index contributed by atoms with van der Waals surface area (Å²) in [6.07, 6.45) is 1.67. The van der Waals surface area contributed by atoms with Crippen LogP contribution in [-0.4, -0.2) is 30.3 Å². The predicted octanol–water partition coefficient (Wildman–Crippen LogP) is 0.466. The number of carbonyl (C=O) groups is 1. The van der Waals surface area contributed by atoms with Gasteiger partial charge in [-0.1, -0.05) is 13.8 Å². The highest BCUT2D eigenvalue weighted by atomic mass is 16.3. The van der Waals surface area contributed by atoms with E-state index in [1.165, 1.54) is 0 Å². The molecule has 72 valence electrons. The monoisotopic (exact) mass is 174 g/mol. The number of nitrogens with one attached hydrogen (secondary N) is 2. The predicted molar refractivity (Wildman–Crippen MR) is 48.0 cm³/mol. The zero-order valence-corrected chi connectivity index (χ0v) is 7.76. The molecule has 0 bridgehead atoms. The molecule has 0 fully saturated rings. The average Bonchev–Trinajstić information content (AvgIpc) is 2.10. The van der Waals surface area contributed by atoms with E-state index in [9.17, 15) is 4.79 Å². The van der Waals surface area contributed by atoms with E-state index in [0.29, 0.717) is 6.54 Å². The van der Waals surface area contributed by atoms with Gasteiger partial charge in [0, 0.05) is 6.54 Å². The molecule has 0 heterocycles. The van der Waals surface area contributed by atoms with Crippen LogP contribution in [0.4, 0.5) is 4.79 Å². The number of aliphatic hydroxyl groups excluding tert-OH is 1. The highest BCUT2D eigenvalue weighted by Crippen LogP contribution is 1.87. The quantitative estimate of drug-likeness (QED) is 0.567. The first-order valence-electron chi connectivity index (χ1n) is 4.39. The minimum absolute atomic E-state index is 0.00392. The maximum Gasteiger partial charge on any atom is 0.315 e. The van der Waals surface area contributed by atoms with Crippen molar-refractivity contribution < 1.29 is 9.90 Å². The topological polar surface area (TPSA) is 61.4 Å². The number of amides is 2. The molecule has 12 heavy (non-hydrogen) atoms. The van der Waals surface area contributed by atoms with Crippen molar-refractivity contribution in [1.29, 1.82) is 0 Å². The van der Waals surface area contributed by atoms with Gasteiger partial charge < -0.3 is 15.7 Å². The molecule has 0 radical (unpaired) electrons.